The fraction of sp³-hybridized carbons (Fsp3) is 0.538. The number of halogens is 1. The van der Waals surface area contributed by atoms with Gasteiger partial charge in [-0.25, -0.2) is 4.39 Å². The Balaban J connectivity index is 2.15. The molecule has 1 fully saturated rings. The van der Waals surface area contributed by atoms with Crippen LogP contribution in [0, 0.1) is 11.7 Å². The average Bonchev–Trinajstić information content (AvgIpc) is 2.59. The highest BCUT2D eigenvalue weighted by molar-refractivity contribution is 5.42. The van der Waals surface area contributed by atoms with Crippen LogP contribution >= 0.6 is 0 Å². The molecule has 2 unspecified atom stereocenters. The van der Waals surface area contributed by atoms with Gasteiger partial charge < -0.3 is 0 Å². The van der Waals surface area contributed by atoms with Gasteiger partial charge in [0.15, 0.2) is 0 Å². The van der Waals surface area contributed by atoms with E-state index in [4.69, 9.17) is 0 Å². The van der Waals surface area contributed by atoms with Crippen molar-refractivity contribution in [2.45, 2.75) is 38.0 Å². The van der Waals surface area contributed by atoms with Crippen molar-refractivity contribution in [3.63, 3.8) is 0 Å². The van der Waals surface area contributed by atoms with Crippen LogP contribution in [0.1, 0.15) is 37.3 Å². The molecule has 0 radical (unpaired) electrons. The summed E-state index contributed by atoms with van der Waals surface area (Å²) in [5.41, 5.74) is 2.67. The van der Waals surface area contributed by atoms with Crippen molar-refractivity contribution in [1.82, 2.24) is 0 Å². The lowest BCUT2D eigenvalue weighted by Crippen LogP contribution is -2.40. The number of hydrogen-bond acceptors (Lipinski definition) is 0. The van der Waals surface area contributed by atoms with Crippen LogP contribution in [0.4, 0.5) is 4.39 Å². The van der Waals surface area contributed by atoms with Gasteiger partial charge in [0, 0.05) is 0 Å². The van der Waals surface area contributed by atoms with Crippen LogP contribution in [0.3, 0.4) is 0 Å². The normalized spacial score (nSPS) is 34.3. The predicted molar refractivity (Wildman–Crippen MR) is 54.8 cm³/mol. The molecule has 1 aromatic rings. The van der Waals surface area contributed by atoms with Crippen LogP contribution in [0.15, 0.2) is 18.2 Å². The summed E-state index contributed by atoms with van der Waals surface area (Å²) < 4.78 is 13.5. The summed E-state index contributed by atoms with van der Waals surface area (Å²) in [7, 11) is 0. The van der Waals surface area contributed by atoms with Gasteiger partial charge in [-0.15, -0.1) is 0 Å². The van der Waals surface area contributed by atoms with Gasteiger partial charge in [-0.1, -0.05) is 19.1 Å². The zero-order valence-electron chi connectivity index (χ0n) is 8.52. The largest absolute Gasteiger partial charge is 0.207 e. The number of rotatable bonds is 0. The molecule has 0 saturated heterocycles. The first kappa shape index (κ1) is 8.46. The van der Waals surface area contributed by atoms with Crippen molar-refractivity contribution < 1.29 is 4.39 Å². The van der Waals surface area contributed by atoms with Gasteiger partial charge in [0.2, 0.25) is 0 Å². The first-order valence-corrected chi connectivity index (χ1v) is 5.52. The Morgan fingerprint density at radius 3 is 2.86 bits per heavy atom. The lowest BCUT2D eigenvalue weighted by atomic mass is 9.58. The van der Waals surface area contributed by atoms with Gasteiger partial charge in [0.1, 0.15) is 5.82 Å². The molecule has 14 heavy (non-hydrogen) atoms. The third-order valence-corrected chi connectivity index (χ3v) is 4.44. The summed E-state index contributed by atoms with van der Waals surface area (Å²) in [6, 6.07) is 5.61. The molecule has 1 aromatic carbocycles. The van der Waals surface area contributed by atoms with Gasteiger partial charge in [0.25, 0.3) is 0 Å². The summed E-state index contributed by atoms with van der Waals surface area (Å²) in [4.78, 5) is 0. The van der Waals surface area contributed by atoms with Gasteiger partial charge in [-0.05, 0) is 54.2 Å². The minimum atomic E-state index is 0.0125. The molecule has 0 bridgehead atoms. The van der Waals surface area contributed by atoms with Crippen molar-refractivity contribution >= 4 is 0 Å². The minimum absolute atomic E-state index is 0.0125. The van der Waals surface area contributed by atoms with Crippen molar-refractivity contribution in [3.8, 4) is 0 Å². The molecule has 1 saturated carbocycles. The molecule has 2 atom stereocenters. The Kier molecular flexibility index (Phi) is 1.56. The molecule has 2 aliphatic carbocycles. The van der Waals surface area contributed by atoms with E-state index in [1.54, 1.807) is 6.07 Å². The summed E-state index contributed by atoms with van der Waals surface area (Å²) in [6.45, 7) is 2.31. The van der Waals surface area contributed by atoms with Crippen LogP contribution in [-0.2, 0) is 11.8 Å². The summed E-state index contributed by atoms with van der Waals surface area (Å²) in [6.07, 6.45) is 4.71. The Bertz CT molecular complexity index is 383. The van der Waals surface area contributed by atoms with Gasteiger partial charge in [0.05, 0.1) is 0 Å². The molecule has 3 rings (SSSR count). The lowest BCUT2D eigenvalue weighted by molar-refractivity contribution is 0.138. The predicted octanol–water partition coefficient (Wildman–Crippen LogP) is 3.44. The first-order valence-electron chi connectivity index (χ1n) is 5.52. The molecule has 0 aromatic heterocycles. The van der Waals surface area contributed by atoms with Gasteiger partial charge in [-0.2, -0.15) is 0 Å². The average molecular weight is 190 g/mol. The van der Waals surface area contributed by atoms with Crippen LogP contribution < -0.4 is 0 Å². The second-order valence-corrected chi connectivity index (χ2v) is 4.86. The molecule has 0 heterocycles. The minimum Gasteiger partial charge on any atom is -0.207 e. The summed E-state index contributed by atoms with van der Waals surface area (Å²) >= 11 is 0. The highest BCUT2D eigenvalue weighted by Crippen LogP contribution is 2.56. The molecule has 0 N–H and O–H groups in total. The van der Waals surface area contributed by atoms with Gasteiger partial charge >= 0.3 is 0 Å². The monoisotopic (exact) mass is 190 g/mol. The molecular weight excluding hydrogens is 175 g/mol. The molecule has 0 nitrogen and oxygen atoms in total. The fourth-order valence-electron chi connectivity index (χ4n) is 3.31. The van der Waals surface area contributed by atoms with E-state index in [1.165, 1.54) is 24.8 Å². The second kappa shape index (κ2) is 2.59. The molecule has 1 heteroatoms. The Morgan fingerprint density at radius 2 is 2.21 bits per heavy atom. The third kappa shape index (κ3) is 0.832. The maximum Gasteiger partial charge on any atom is 0.126 e. The van der Waals surface area contributed by atoms with E-state index in [2.05, 4.69) is 13.0 Å². The summed E-state index contributed by atoms with van der Waals surface area (Å²) in [5, 5.41) is 0. The lowest BCUT2D eigenvalue weighted by Gasteiger charge is -2.46. The standard InChI is InChI=1S/C13H15F/c1-9-5-7-13(9)8-6-10-11(13)3-2-4-12(10)14/h2-4,9H,5-8H2,1H3. The molecule has 2 aliphatic rings. The van der Waals surface area contributed by atoms with E-state index in [1.807, 2.05) is 6.07 Å². The summed E-state index contributed by atoms with van der Waals surface area (Å²) in [5.74, 6) is 0.768. The quantitative estimate of drug-likeness (QED) is 0.588. The number of benzene rings is 1. The number of hydrogen-bond donors (Lipinski definition) is 0. The molecule has 1 spiro atoms. The van der Waals surface area contributed by atoms with E-state index in [0.717, 1.165) is 17.9 Å². The van der Waals surface area contributed by atoms with Crippen molar-refractivity contribution in [3.05, 3.63) is 35.1 Å². The Hall–Kier alpha value is -0.850. The zero-order chi connectivity index (χ0) is 9.76. The van der Waals surface area contributed by atoms with E-state index in [0.29, 0.717) is 5.41 Å². The molecular formula is C13H15F. The molecule has 0 amide bonds. The second-order valence-electron chi connectivity index (χ2n) is 4.86. The fourth-order valence-corrected chi connectivity index (χ4v) is 3.31. The van der Waals surface area contributed by atoms with Crippen LogP contribution in [0.2, 0.25) is 0 Å². The van der Waals surface area contributed by atoms with E-state index < -0.39 is 0 Å². The maximum absolute atomic E-state index is 13.5. The smallest absolute Gasteiger partial charge is 0.126 e. The van der Waals surface area contributed by atoms with Crippen LogP contribution in [-0.4, -0.2) is 0 Å². The topological polar surface area (TPSA) is 0 Å². The van der Waals surface area contributed by atoms with Crippen molar-refractivity contribution in [1.29, 1.82) is 0 Å². The molecule has 74 valence electrons. The highest BCUT2D eigenvalue weighted by Gasteiger charge is 2.49. The Morgan fingerprint density at radius 1 is 1.36 bits per heavy atom. The van der Waals surface area contributed by atoms with E-state index in [-0.39, 0.29) is 5.82 Å². The zero-order valence-corrected chi connectivity index (χ0v) is 8.52. The number of fused-ring (bicyclic) bond motifs is 2. The van der Waals surface area contributed by atoms with Gasteiger partial charge in [-0.3, -0.25) is 0 Å². The molecule has 0 aliphatic heterocycles. The third-order valence-electron chi connectivity index (χ3n) is 4.44. The van der Waals surface area contributed by atoms with Crippen molar-refractivity contribution in [2.75, 3.05) is 0 Å². The SMILES string of the molecule is CC1CCC12CCc1c(F)cccc12. The van der Waals surface area contributed by atoms with Crippen molar-refractivity contribution in [2.24, 2.45) is 5.92 Å². The van der Waals surface area contributed by atoms with E-state index in [9.17, 15) is 4.39 Å². The maximum atomic E-state index is 13.5. The highest BCUT2D eigenvalue weighted by atomic mass is 19.1. The first-order chi connectivity index (χ1) is 6.74. The Labute approximate surface area is 84.1 Å². The van der Waals surface area contributed by atoms with Crippen LogP contribution in [0.25, 0.3) is 0 Å². The van der Waals surface area contributed by atoms with E-state index >= 15 is 0 Å². The van der Waals surface area contributed by atoms with Crippen LogP contribution in [0.5, 0.6) is 0 Å².